The number of carbonyl (C=O) groups excluding carboxylic acids is 1. The third kappa shape index (κ3) is 2.24. The maximum absolute atomic E-state index is 10.9. The van der Waals surface area contributed by atoms with Crippen molar-refractivity contribution in [2.24, 2.45) is 5.73 Å². The number of nitrogens with two attached hydrogens (primary N) is 1. The van der Waals surface area contributed by atoms with Gasteiger partial charge in [0.15, 0.2) is 0 Å². The van der Waals surface area contributed by atoms with Gasteiger partial charge in [0.05, 0.1) is 13.2 Å². The molecule has 15 heavy (non-hydrogen) atoms. The van der Waals surface area contributed by atoms with Crippen LogP contribution in [-0.4, -0.2) is 37.2 Å². The zero-order valence-corrected chi connectivity index (χ0v) is 8.27. The van der Waals surface area contributed by atoms with Crippen molar-refractivity contribution in [3.8, 4) is 0 Å². The minimum absolute atomic E-state index is 0.180. The molecule has 0 aromatic carbocycles. The molecule has 0 saturated carbocycles. The van der Waals surface area contributed by atoms with E-state index in [4.69, 9.17) is 10.5 Å². The summed E-state index contributed by atoms with van der Waals surface area (Å²) in [6, 6.07) is 6.19. The van der Waals surface area contributed by atoms with Crippen LogP contribution in [-0.2, 0) is 4.74 Å². The van der Waals surface area contributed by atoms with Gasteiger partial charge in [-0.15, -0.1) is 0 Å². The average Bonchev–Trinajstić information content (AvgIpc) is 2.30. The van der Waals surface area contributed by atoms with Crippen molar-refractivity contribution in [2.75, 3.05) is 31.2 Å². The lowest BCUT2D eigenvalue weighted by atomic mass is 10.3. The minimum Gasteiger partial charge on any atom is -0.378 e. The molecule has 1 fully saturated rings. The van der Waals surface area contributed by atoms with Gasteiger partial charge in [-0.05, 0) is 12.1 Å². The molecular formula is C10H12N3O2. The molecule has 1 saturated heterocycles. The maximum atomic E-state index is 10.9. The van der Waals surface area contributed by atoms with E-state index in [1.165, 1.54) is 0 Å². The standard InChI is InChI=1S/C10H12N3O2/c11-10(14)8-2-1-3-9(12-8)13-4-6-15-7-5-13/h1,3H,4-7H2,(H2,11,14). The van der Waals surface area contributed by atoms with E-state index in [0.29, 0.717) is 13.2 Å². The topological polar surface area (TPSA) is 68.5 Å². The molecule has 1 aliphatic rings. The van der Waals surface area contributed by atoms with Crippen LogP contribution in [0.25, 0.3) is 0 Å². The summed E-state index contributed by atoms with van der Waals surface area (Å²) in [5.41, 5.74) is 5.32. The quantitative estimate of drug-likeness (QED) is 0.728. The lowest BCUT2D eigenvalue weighted by Crippen LogP contribution is -2.37. The van der Waals surface area contributed by atoms with E-state index in [1.54, 1.807) is 6.07 Å². The van der Waals surface area contributed by atoms with Crippen LogP contribution in [0.3, 0.4) is 0 Å². The molecule has 5 heteroatoms. The Balaban J connectivity index is 2.19. The van der Waals surface area contributed by atoms with Crippen LogP contribution in [0.2, 0.25) is 0 Å². The summed E-state index contributed by atoms with van der Waals surface area (Å²) in [6.45, 7) is 2.95. The summed E-state index contributed by atoms with van der Waals surface area (Å²) >= 11 is 0. The first-order valence-corrected chi connectivity index (χ1v) is 4.78. The molecule has 2 N–H and O–H groups in total. The first kappa shape index (κ1) is 9.92. The van der Waals surface area contributed by atoms with Gasteiger partial charge < -0.3 is 15.4 Å². The van der Waals surface area contributed by atoms with E-state index in [0.717, 1.165) is 18.9 Å². The fourth-order valence-electron chi connectivity index (χ4n) is 1.47. The first-order valence-electron chi connectivity index (χ1n) is 4.78. The Morgan fingerprint density at radius 2 is 2.27 bits per heavy atom. The largest absolute Gasteiger partial charge is 0.378 e. The van der Waals surface area contributed by atoms with E-state index in [-0.39, 0.29) is 5.69 Å². The van der Waals surface area contributed by atoms with Gasteiger partial charge in [-0.3, -0.25) is 4.79 Å². The maximum Gasteiger partial charge on any atom is 0.268 e. The summed E-state index contributed by atoms with van der Waals surface area (Å²) in [6.07, 6.45) is 0. The molecule has 0 aliphatic carbocycles. The second kappa shape index (κ2) is 4.27. The Bertz CT molecular complexity index is 361. The van der Waals surface area contributed by atoms with E-state index >= 15 is 0 Å². The Kier molecular flexibility index (Phi) is 2.82. The SMILES string of the molecule is NC(=O)c1[c]ccc(N2CCOCC2)n1. The highest BCUT2D eigenvalue weighted by molar-refractivity contribution is 5.90. The highest BCUT2D eigenvalue weighted by Crippen LogP contribution is 2.12. The van der Waals surface area contributed by atoms with Crippen molar-refractivity contribution in [1.82, 2.24) is 4.98 Å². The zero-order chi connectivity index (χ0) is 10.7. The third-order valence-electron chi connectivity index (χ3n) is 2.25. The third-order valence-corrected chi connectivity index (χ3v) is 2.25. The van der Waals surface area contributed by atoms with Gasteiger partial charge in [-0.1, -0.05) is 0 Å². The van der Waals surface area contributed by atoms with Gasteiger partial charge in [0, 0.05) is 19.2 Å². The lowest BCUT2D eigenvalue weighted by molar-refractivity contribution is 0.0995. The molecule has 2 heterocycles. The van der Waals surface area contributed by atoms with Gasteiger partial charge in [0.1, 0.15) is 11.5 Å². The van der Waals surface area contributed by atoms with Crippen molar-refractivity contribution < 1.29 is 9.53 Å². The molecule has 0 spiro atoms. The van der Waals surface area contributed by atoms with Gasteiger partial charge >= 0.3 is 0 Å². The van der Waals surface area contributed by atoms with E-state index in [2.05, 4.69) is 16.0 Å². The molecule has 0 bridgehead atoms. The van der Waals surface area contributed by atoms with Crippen LogP contribution in [0.1, 0.15) is 10.5 Å². The molecule has 1 aromatic heterocycles. The van der Waals surface area contributed by atoms with Gasteiger partial charge in [-0.2, -0.15) is 0 Å². The number of primary amides is 1. The summed E-state index contributed by atoms with van der Waals surface area (Å²) in [5, 5.41) is 0. The molecule has 1 amide bonds. The smallest absolute Gasteiger partial charge is 0.268 e. The number of ether oxygens (including phenoxy) is 1. The monoisotopic (exact) mass is 206 g/mol. The van der Waals surface area contributed by atoms with Crippen LogP contribution >= 0.6 is 0 Å². The van der Waals surface area contributed by atoms with E-state index in [9.17, 15) is 4.79 Å². The second-order valence-corrected chi connectivity index (χ2v) is 3.26. The Labute approximate surface area is 87.8 Å². The van der Waals surface area contributed by atoms with Crippen LogP contribution < -0.4 is 10.6 Å². The van der Waals surface area contributed by atoms with Crippen molar-refractivity contribution in [3.05, 3.63) is 23.9 Å². The number of rotatable bonds is 2. The highest BCUT2D eigenvalue weighted by Gasteiger charge is 2.13. The molecule has 1 aromatic rings. The van der Waals surface area contributed by atoms with E-state index < -0.39 is 5.91 Å². The molecule has 1 radical (unpaired) electrons. The number of nitrogens with zero attached hydrogens (tertiary/aromatic N) is 2. The molecule has 0 atom stereocenters. The second-order valence-electron chi connectivity index (χ2n) is 3.26. The lowest BCUT2D eigenvalue weighted by Gasteiger charge is -2.27. The molecule has 5 nitrogen and oxygen atoms in total. The number of anilines is 1. The van der Waals surface area contributed by atoms with Crippen LogP contribution in [0.5, 0.6) is 0 Å². The number of aromatic nitrogens is 1. The van der Waals surface area contributed by atoms with Crippen LogP contribution in [0.4, 0.5) is 5.82 Å². The van der Waals surface area contributed by atoms with Gasteiger partial charge in [0.25, 0.3) is 5.91 Å². The number of hydrogen-bond acceptors (Lipinski definition) is 4. The molecule has 79 valence electrons. The summed E-state index contributed by atoms with van der Waals surface area (Å²) < 4.78 is 5.23. The fraction of sp³-hybridized carbons (Fsp3) is 0.400. The van der Waals surface area contributed by atoms with Crippen LogP contribution in [0, 0.1) is 6.07 Å². The number of amides is 1. The Hall–Kier alpha value is -1.62. The van der Waals surface area contributed by atoms with Crippen molar-refractivity contribution >= 4 is 11.7 Å². The molecule has 2 rings (SSSR count). The summed E-state index contributed by atoms with van der Waals surface area (Å²) in [7, 11) is 0. The predicted octanol–water partition coefficient (Wildman–Crippen LogP) is -0.183. The number of morpholine rings is 1. The zero-order valence-electron chi connectivity index (χ0n) is 8.27. The Morgan fingerprint density at radius 1 is 1.53 bits per heavy atom. The van der Waals surface area contributed by atoms with E-state index in [1.807, 2.05) is 6.07 Å². The molecule has 0 unspecified atom stereocenters. The van der Waals surface area contributed by atoms with Crippen molar-refractivity contribution in [3.63, 3.8) is 0 Å². The molecule has 1 aliphatic heterocycles. The minimum atomic E-state index is -0.551. The number of hydrogen-bond donors (Lipinski definition) is 1. The highest BCUT2D eigenvalue weighted by atomic mass is 16.5. The molecular weight excluding hydrogens is 194 g/mol. The summed E-state index contributed by atoms with van der Waals surface area (Å²) in [4.78, 5) is 17.1. The normalized spacial score (nSPS) is 16.4. The van der Waals surface area contributed by atoms with Gasteiger partial charge in [-0.25, -0.2) is 4.98 Å². The van der Waals surface area contributed by atoms with Crippen molar-refractivity contribution in [1.29, 1.82) is 0 Å². The number of carbonyl (C=O) groups is 1. The Morgan fingerprint density at radius 3 is 2.93 bits per heavy atom. The first-order chi connectivity index (χ1) is 7.27. The number of pyridine rings is 1. The predicted molar refractivity (Wildman–Crippen MR) is 54.6 cm³/mol. The van der Waals surface area contributed by atoms with Crippen LogP contribution in [0.15, 0.2) is 12.1 Å². The summed E-state index contributed by atoms with van der Waals surface area (Å²) in [5.74, 6) is 0.205. The van der Waals surface area contributed by atoms with Gasteiger partial charge in [0.2, 0.25) is 0 Å². The fourth-order valence-corrected chi connectivity index (χ4v) is 1.47. The average molecular weight is 206 g/mol. The van der Waals surface area contributed by atoms with Crippen molar-refractivity contribution in [2.45, 2.75) is 0 Å².